The Bertz CT molecular complexity index is 1210. The Balaban J connectivity index is 1.93. The molecular weight excluding hydrogens is 474 g/mol. The molecule has 1 amide bonds. The second-order valence-corrected chi connectivity index (χ2v) is 10.2. The zero-order valence-electron chi connectivity index (χ0n) is 18.2. The molecule has 0 unspecified atom stereocenters. The van der Waals surface area contributed by atoms with Crippen molar-refractivity contribution in [1.29, 1.82) is 0 Å². The van der Waals surface area contributed by atoms with Crippen LogP contribution in [0, 0.1) is 10.1 Å². The third-order valence-corrected chi connectivity index (χ3v) is 7.32. The van der Waals surface area contributed by atoms with Gasteiger partial charge in [0.05, 0.1) is 30.5 Å². The number of benzene rings is 1. The number of non-ortho nitro benzene ring substituents is 1. The first-order valence-electron chi connectivity index (χ1n) is 9.98. The molecule has 2 aromatic rings. The van der Waals surface area contributed by atoms with Gasteiger partial charge in [0, 0.05) is 17.0 Å². The van der Waals surface area contributed by atoms with Crippen molar-refractivity contribution in [3.63, 3.8) is 0 Å². The van der Waals surface area contributed by atoms with E-state index >= 15 is 0 Å². The Labute approximate surface area is 194 Å². The van der Waals surface area contributed by atoms with Crippen molar-refractivity contribution in [2.24, 2.45) is 0 Å². The van der Waals surface area contributed by atoms with Crippen molar-refractivity contribution in [2.75, 3.05) is 36.1 Å². The van der Waals surface area contributed by atoms with Crippen molar-refractivity contribution in [2.45, 2.75) is 26.2 Å². The number of hydrogen-bond donors (Lipinski definition) is 1. The van der Waals surface area contributed by atoms with E-state index in [2.05, 4.69) is 5.32 Å². The van der Waals surface area contributed by atoms with Crippen molar-refractivity contribution in [3.8, 4) is 5.75 Å². The highest BCUT2D eigenvalue weighted by Gasteiger charge is 2.30. The standard InChI is InChI=1S/C20H23N3O8S2/c1-4-31-20(25)18-13-6-5-7-16(13)32-19(18)21-17(24)11-22(33(3,28)29)14-10-12(23(26)27)8-9-15(14)30-2/h8-10H,4-7,11H2,1-3H3,(H,21,24). The minimum atomic E-state index is -4.03. The molecule has 178 valence electrons. The fraction of sp³-hybridized carbons (Fsp3) is 0.400. The van der Waals surface area contributed by atoms with Gasteiger partial charge in [-0.2, -0.15) is 0 Å². The number of nitro benzene ring substituents is 1. The van der Waals surface area contributed by atoms with Crippen LogP contribution in [0.1, 0.15) is 34.1 Å². The summed E-state index contributed by atoms with van der Waals surface area (Å²) in [5.41, 5.74) is 0.624. The first-order valence-corrected chi connectivity index (χ1v) is 12.6. The highest BCUT2D eigenvalue weighted by atomic mass is 32.2. The van der Waals surface area contributed by atoms with Crippen LogP contribution < -0.4 is 14.4 Å². The van der Waals surface area contributed by atoms with E-state index in [1.807, 2.05) is 0 Å². The summed E-state index contributed by atoms with van der Waals surface area (Å²) in [4.78, 5) is 36.9. The lowest BCUT2D eigenvalue weighted by Gasteiger charge is -2.23. The van der Waals surface area contributed by atoms with Gasteiger partial charge < -0.3 is 14.8 Å². The van der Waals surface area contributed by atoms with Gasteiger partial charge in [0.1, 0.15) is 23.0 Å². The van der Waals surface area contributed by atoms with E-state index in [0.717, 1.165) is 39.9 Å². The molecule has 0 radical (unpaired) electrons. The summed E-state index contributed by atoms with van der Waals surface area (Å²) in [5.74, 6) is -1.23. The highest BCUT2D eigenvalue weighted by molar-refractivity contribution is 7.92. The number of fused-ring (bicyclic) bond motifs is 1. The van der Waals surface area contributed by atoms with E-state index in [0.29, 0.717) is 17.0 Å². The van der Waals surface area contributed by atoms with E-state index in [9.17, 15) is 28.1 Å². The van der Waals surface area contributed by atoms with Crippen molar-refractivity contribution >= 4 is 49.6 Å². The average Bonchev–Trinajstić information content (AvgIpc) is 3.31. The van der Waals surface area contributed by atoms with Crippen molar-refractivity contribution in [1.82, 2.24) is 0 Å². The predicted molar refractivity (Wildman–Crippen MR) is 123 cm³/mol. The van der Waals surface area contributed by atoms with Gasteiger partial charge in [-0.15, -0.1) is 11.3 Å². The number of methoxy groups -OCH3 is 1. The monoisotopic (exact) mass is 497 g/mol. The SMILES string of the molecule is CCOC(=O)c1c(NC(=O)CN(c2cc([N+](=O)[O-])ccc2OC)S(C)(=O)=O)sc2c1CCC2. The van der Waals surface area contributed by atoms with Gasteiger partial charge in [-0.1, -0.05) is 0 Å². The number of ether oxygens (including phenoxy) is 2. The number of amides is 1. The quantitative estimate of drug-likeness (QED) is 0.316. The largest absolute Gasteiger partial charge is 0.495 e. The molecule has 0 saturated heterocycles. The van der Waals surface area contributed by atoms with Gasteiger partial charge in [-0.05, 0) is 37.8 Å². The molecule has 0 fully saturated rings. The molecule has 11 nitrogen and oxygen atoms in total. The number of aryl methyl sites for hydroxylation is 1. The van der Waals surface area contributed by atoms with Crippen LogP contribution in [0.25, 0.3) is 0 Å². The van der Waals surface area contributed by atoms with Gasteiger partial charge in [0.25, 0.3) is 5.69 Å². The Morgan fingerprint density at radius 1 is 1.30 bits per heavy atom. The minimum Gasteiger partial charge on any atom is -0.495 e. The van der Waals surface area contributed by atoms with Gasteiger partial charge in [0.2, 0.25) is 15.9 Å². The number of nitro groups is 1. The average molecular weight is 498 g/mol. The third-order valence-electron chi connectivity index (χ3n) is 4.98. The number of carbonyl (C=O) groups is 2. The number of thiophene rings is 1. The number of hydrogen-bond acceptors (Lipinski definition) is 9. The smallest absolute Gasteiger partial charge is 0.341 e. The summed E-state index contributed by atoms with van der Waals surface area (Å²) < 4.78 is 36.0. The van der Waals surface area contributed by atoms with Crippen LogP contribution in [0.2, 0.25) is 0 Å². The summed E-state index contributed by atoms with van der Waals surface area (Å²) in [6, 6.07) is 3.45. The maximum Gasteiger partial charge on any atom is 0.341 e. The molecule has 1 aliphatic rings. The predicted octanol–water partition coefficient (Wildman–Crippen LogP) is 2.74. The molecule has 0 aliphatic heterocycles. The van der Waals surface area contributed by atoms with Crippen LogP contribution in [0.5, 0.6) is 5.75 Å². The Morgan fingerprint density at radius 3 is 2.64 bits per heavy atom. The number of carbonyl (C=O) groups excluding carboxylic acids is 2. The van der Waals surface area contributed by atoms with E-state index in [1.54, 1.807) is 6.92 Å². The van der Waals surface area contributed by atoms with Gasteiger partial charge in [0.15, 0.2) is 0 Å². The molecule has 33 heavy (non-hydrogen) atoms. The second-order valence-electron chi connectivity index (χ2n) is 7.21. The zero-order valence-corrected chi connectivity index (χ0v) is 19.9. The molecule has 1 N–H and O–H groups in total. The van der Waals surface area contributed by atoms with Crippen LogP contribution in [-0.2, 0) is 32.4 Å². The number of anilines is 2. The first-order chi connectivity index (χ1) is 15.6. The van der Waals surface area contributed by atoms with Crippen LogP contribution in [0.4, 0.5) is 16.4 Å². The molecule has 1 heterocycles. The summed E-state index contributed by atoms with van der Waals surface area (Å²) >= 11 is 1.26. The topological polar surface area (TPSA) is 145 Å². The highest BCUT2D eigenvalue weighted by Crippen LogP contribution is 2.40. The summed E-state index contributed by atoms with van der Waals surface area (Å²) in [6.45, 7) is 1.17. The molecule has 0 spiro atoms. The fourth-order valence-electron chi connectivity index (χ4n) is 3.58. The second kappa shape index (κ2) is 9.75. The van der Waals surface area contributed by atoms with Gasteiger partial charge >= 0.3 is 5.97 Å². The lowest BCUT2D eigenvalue weighted by molar-refractivity contribution is -0.384. The third kappa shape index (κ3) is 5.25. The summed E-state index contributed by atoms with van der Waals surface area (Å²) in [7, 11) is -2.75. The molecule has 1 aromatic carbocycles. The molecule has 3 rings (SSSR count). The molecule has 13 heteroatoms. The Morgan fingerprint density at radius 2 is 2.03 bits per heavy atom. The van der Waals surface area contributed by atoms with Crippen LogP contribution in [0.3, 0.4) is 0 Å². The number of esters is 1. The molecule has 0 saturated carbocycles. The van der Waals surface area contributed by atoms with E-state index in [1.165, 1.54) is 30.6 Å². The lowest BCUT2D eigenvalue weighted by Crippen LogP contribution is -2.37. The molecular formula is C20H23N3O8S2. The van der Waals surface area contributed by atoms with E-state index in [4.69, 9.17) is 9.47 Å². The maximum atomic E-state index is 12.9. The molecule has 1 aliphatic carbocycles. The number of sulfonamides is 1. The molecule has 1 aromatic heterocycles. The van der Waals surface area contributed by atoms with E-state index in [-0.39, 0.29) is 23.7 Å². The zero-order chi connectivity index (χ0) is 24.3. The van der Waals surface area contributed by atoms with Crippen LogP contribution in [-0.4, -0.2) is 51.7 Å². The van der Waals surface area contributed by atoms with E-state index < -0.39 is 33.4 Å². The Kier molecular flexibility index (Phi) is 7.22. The minimum absolute atomic E-state index is 0.0427. The first kappa shape index (κ1) is 24.5. The van der Waals surface area contributed by atoms with Gasteiger partial charge in [-0.25, -0.2) is 13.2 Å². The molecule has 0 bridgehead atoms. The number of nitrogens with one attached hydrogen (secondary N) is 1. The Hall–Kier alpha value is -3.19. The number of nitrogens with zero attached hydrogens (tertiary/aromatic N) is 2. The van der Waals surface area contributed by atoms with Crippen molar-refractivity contribution < 1.29 is 32.4 Å². The fourth-order valence-corrected chi connectivity index (χ4v) is 5.72. The normalized spacial score (nSPS) is 12.7. The maximum absolute atomic E-state index is 12.9. The lowest BCUT2D eigenvalue weighted by atomic mass is 10.1. The molecule has 0 atom stereocenters. The van der Waals surface area contributed by atoms with Crippen LogP contribution >= 0.6 is 11.3 Å². The van der Waals surface area contributed by atoms with Crippen LogP contribution in [0.15, 0.2) is 18.2 Å². The van der Waals surface area contributed by atoms with Gasteiger partial charge in [-0.3, -0.25) is 19.2 Å². The summed E-state index contributed by atoms with van der Waals surface area (Å²) in [6.07, 6.45) is 3.25. The van der Waals surface area contributed by atoms with Crippen molar-refractivity contribution in [3.05, 3.63) is 44.3 Å². The summed E-state index contributed by atoms with van der Waals surface area (Å²) in [5, 5.41) is 14.1. The number of rotatable bonds is 9.